The Hall–Kier alpha value is -1.28. The van der Waals surface area contributed by atoms with Gasteiger partial charge in [-0.05, 0) is 63.2 Å². The van der Waals surface area contributed by atoms with Gasteiger partial charge in [0.05, 0.1) is 13.6 Å². The van der Waals surface area contributed by atoms with E-state index in [0.29, 0.717) is 0 Å². The van der Waals surface area contributed by atoms with Gasteiger partial charge in [0.1, 0.15) is 0 Å². The van der Waals surface area contributed by atoms with Crippen molar-refractivity contribution in [2.24, 2.45) is 5.92 Å². The van der Waals surface area contributed by atoms with Crippen molar-refractivity contribution in [1.29, 1.82) is 0 Å². The molecule has 1 nitrogen and oxygen atoms in total. The summed E-state index contributed by atoms with van der Waals surface area (Å²) in [4.78, 5) is 0. The van der Waals surface area contributed by atoms with E-state index in [1.807, 2.05) is 5.57 Å². The highest BCUT2D eigenvalue weighted by Gasteiger charge is 2.51. The third kappa shape index (κ3) is 2.82. The van der Waals surface area contributed by atoms with Gasteiger partial charge in [-0.25, -0.2) is 0 Å². The standard InChI is InChI=1S/C21H31NSi/c1-6-16(2)21(22-18-12-8-7-9-13-18)15-17-11-10-14-19(17)20(21)23(3,4)5/h6-9,12-13,17,22H,10-11,14-15H2,1-5H3/t17-,21-/m1/s1. The van der Waals surface area contributed by atoms with Crippen molar-refractivity contribution >= 4 is 13.8 Å². The average molecular weight is 326 g/mol. The van der Waals surface area contributed by atoms with Gasteiger partial charge in [-0.1, -0.05) is 54.7 Å². The van der Waals surface area contributed by atoms with E-state index in [-0.39, 0.29) is 5.54 Å². The van der Waals surface area contributed by atoms with Crippen LogP contribution in [0, 0.1) is 5.92 Å². The van der Waals surface area contributed by atoms with Gasteiger partial charge in [0.15, 0.2) is 0 Å². The van der Waals surface area contributed by atoms with Gasteiger partial charge < -0.3 is 5.32 Å². The minimum absolute atomic E-state index is 0.0565. The number of benzene rings is 1. The van der Waals surface area contributed by atoms with Crippen LogP contribution in [0.25, 0.3) is 0 Å². The molecule has 124 valence electrons. The molecule has 2 aliphatic carbocycles. The van der Waals surface area contributed by atoms with E-state index in [4.69, 9.17) is 0 Å². The maximum absolute atomic E-state index is 4.00. The van der Waals surface area contributed by atoms with Crippen molar-refractivity contribution < 1.29 is 0 Å². The molecule has 0 aromatic heterocycles. The minimum Gasteiger partial charge on any atom is -0.372 e. The molecule has 1 N–H and O–H groups in total. The number of fused-ring (bicyclic) bond motifs is 1. The lowest BCUT2D eigenvalue weighted by molar-refractivity contribution is 0.512. The van der Waals surface area contributed by atoms with Crippen molar-refractivity contribution in [3.63, 3.8) is 0 Å². The van der Waals surface area contributed by atoms with E-state index in [0.717, 1.165) is 5.92 Å². The number of hydrogen-bond donors (Lipinski definition) is 1. The molecule has 0 bridgehead atoms. The topological polar surface area (TPSA) is 12.0 Å². The predicted octanol–water partition coefficient (Wildman–Crippen LogP) is 6.18. The third-order valence-electron chi connectivity index (χ3n) is 5.78. The van der Waals surface area contributed by atoms with Gasteiger partial charge in [0.25, 0.3) is 0 Å². The molecule has 0 spiro atoms. The molecular formula is C21H31NSi. The molecular weight excluding hydrogens is 294 g/mol. The van der Waals surface area contributed by atoms with Crippen LogP contribution in [-0.4, -0.2) is 13.6 Å². The Morgan fingerprint density at radius 1 is 1.22 bits per heavy atom. The maximum Gasteiger partial charge on any atom is 0.0769 e. The number of rotatable bonds is 4. The zero-order valence-electron chi connectivity index (χ0n) is 15.4. The second-order valence-electron chi connectivity index (χ2n) is 8.31. The molecule has 0 radical (unpaired) electrons. The van der Waals surface area contributed by atoms with E-state index in [9.17, 15) is 0 Å². The summed E-state index contributed by atoms with van der Waals surface area (Å²) in [5.41, 5.74) is 4.63. The molecule has 1 fully saturated rings. The number of nitrogens with one attached hydrogen (secondary N) is 1. The molecule has 0 saturated heterocycles. The summed E-state index contributed by atoms with van der Waals surface area (Å²) in [5, 5.41) is 5.80. The van der Waals surface area contributed by atoms with Crippen molar-refractivity contribution in [3.05, 3.63) is 52.8 Å². The molecule has 3 rings (SSSR count). The Kier molecular flexibility index (Phi) is 4.30. The molecule has 0 amide bonds. The van der Waals surface area contributed by atoms with E-state index >= 15 is 0 Å². The third-order valence-corrected chi connectivity index (χ3v) is 8.03. The lowest BCUT2D eigenvalue weighted by Gasteiger charge is -2.42. The highest BCUT2D eigenvalue weighted by molar-refractivity contribution is 6.83. The average Bonchev–Trinajstić information content (AvgIpc) is 3.04. The predicted molar refractivity (Wildman–Crippen MR) is 105 cm³/mol. The van der Waals surface area contributed by atoms with E-state index in [2.05, 4.69) is 75.2 Å². The van der Waals surface area contributed by atoms with Gasteiger partial charge >= 0.3 is 0 Å². The Morgan fingerprint density at radius 3 is 2.52 bits per heavy atom. The van der Waals surface area contributed by atoms with Crippen LogP contribution in [-0.2, 0) is 0 Å². The van der Waals surface area contributed by atoms with E-state index < -0.39 is 8.07 Å². The molecule has 0 heterocycles. The Morgan fingerprint density at radius 2 is 1.91 bits per heavy atom. The van der Waals surface area contributed by atoms with E-state index in [1.165, 1.54) is 36.9 Å². The highest BCUT2D eigenvalue weighted by Crippen LogP contribution is 2.54. The van der Waals surface area contributed by atoms with Crippen LogP contribution < -0.4 is 5.32 Å². The van der Waals surface area contributed by atoms with Crippen LogP contribution in [0.4, 0.5) is 5.69 Å². The zero-order chi connectivity index (χ0) is 16.7. The fraction of sp³-hybridized carbons (Fsp3) is 0.524. The number of hydrogen-bond acceptors (Lipinski definition) is 1. The fourth-order valence-electron chi connectivity index (χ4n) is 4.92. The first-order valence-electron chi connectivity index (χ1n) is 9.09. The molecule has 2 aliphatic rings. The van der Waals surface area contributed by atoms with Crippen LogP contribution in [0.3, 0.4) is 0 Å². The SMILES string of the molecule is CC=C(C)[C@]1(Nc2ccccc2)C[C@H]2CCCC2=C1[Si](C)(C)C. The van der Waals surface area contributed by atoms with Crippen molar-refractivity contribution in [3.8, 4) is 0 Å². The molecule has 0 aliphatic heterocycles. The Balaban J connectivity index is 2.14. The molecule has 2 heteroatoms. The number of allylic oxidation sites excluding steroid dienone is 2. The van der Waals surface area contributed by atoms with Gasteiger partial charge in [-0.15, -0.1) is 0 Å². The monoisotopic (exact) mass is 325 g/mol. The van der Waals surface area contributed by atoms with Crippen LogP contribution in [0.5, 0.6) is 0 Å². The summed E-state index contributed by atoms with van der Waals surface area (Å²) >= 11 is 0. The number of anilines is 1. The Labute approximate surface area is 142 Å². The van der Waals surface area contributed by atoms with Crippen LogP contribution in [0.1, 0.15) is 39.5 Å². The molecule has 1 saturated carbocycles. The first-order chi connectivity index (χ1) is 10.9. The maximum atomic E-state index is 4.00. The van der Waals surface area contributed by atoms with Crippen molar-refractivity contribution in [1.82, 2.24) is 0 Å². The van der Waals surface area contributed by atoms with Gasteiger partial charge in [0, 0.05) is 5.69 Å². The summed E-state index contributed by atoms with van der Waals surface area (Å²) in [7, 11) is -1.40. The molecule has 23 heavy (non-hydrogen) atoms. The normalized spacial score (nSPS) is 28.2. The first-order valence-corrected chi connectivity index (χ1v) is 12.6. The highest BCUT2D eigenvalue weighted by atomic mass is 28.3. The molecule has 0 unspecified atom stereocenters. The summed E-state index contributed by atoms with van der Waals surface area (Å²) in [6, 6.07) is 10.8. The summed E-state index contributed by atoms with van der Waals surface area (Å²) in [6.45, 7) is 12.1. The molecule has 1 aromatic rings. The van der Waals surface area contributed by atoms with E-state index in [1.54, 1.807) is 5.20 Å². The van der Waals surface area contributed by atoms with Gasteiger partial charge in [0.2, 0.25) is 0 Å². The quantitative estimate of drug-likeness (QED) is 0.515. The van der Waals surface area contributed by atoms with Crippen LogP contribution in [0.2, 0.25) is 19.6 Å². The van der Waals surface area contributed by atoms with Crippen molar-refractivity contribution in [2.75, 3.05) is 5.32 Å². The minimum atomic E-state index is -1.40. The fourth-order valence-corrected chi connectivity index (χ4v) is 7.86. The first kappa shape index (κ1) is 16.6. The smallest absolute Gasteiger partial charge is 0.0769 e. The lowest BCUT2D eigenvalue weighted by Crippen LogP contribution is -2.48. The van der Waals surface area contributed by atoms with Gasteiger partial charge in [-0.3, -0.25) is 0 Å². The van der Waals surface area contributed by atoms with Crippen LogP contribution >= 0.6 is 0 Å². The largest absolute Gasteiger partial charge is 0.372 e. The van der Waals surface area contributed by atoms with Crippen LogP contribution in [0.15, 0.2) is 52.8 Å². The Bertz CT molecular complexity index is 636. The number of para-hydroxylation sites is 1. The molecule has 1 aromatic carbocycles. The van der Waals surface area contributed by atoms with Gasteiger partial charge in [-0.2, -0.15) is 0 Å². The summed E-state index contributed by atoms with van der Waals surface area (Å²) in [6.07, 6.45) is 7.70. The summed E-state index contributed by atoms with van der Waals surface area (Å²) in [5.74, 6) is 0.808. The molecule has 2 atom stereocenters. The zero-order valence-corrected chi connectivity index (χ0v) is 16.4. The van der Waals surface area contributed by atoms with Crippen molar-refractivity contribution in [2.45, 2.75) is 64.7 Å². The second kappa shape index (κ2) is 5.97. The lowest BCUT2D eigenvalue weighted by atomic mass is 9.86. The second-order valence-corrected chi connectivity index (χ2v) is 13.3. The summed E-state index contributed by atoms with van der Waals surface area (Å²) < 4.78 is 0.